The summed E-state index contributed by atoms with van der Waals surface area (Å²) in [5.74, 6) is -2.84. The van der Waals surface area contributed by atoms with E-state index in [-0.39, 0.29) is 53.4 Å². The molecule has 1 aliphatic heterocycles. The molecule has 1 N–H and O–H groups in total. The second-order valence-corrected chi connectivity index (χ2v) is 16.8. The van der Waals surface area contributed by atoms with Crippen molar-refractivity contribution in [2.75, 3.05) is 0 Å². The van der Waals surface area contributed by atoms with Gasteiger partial charge >= 0.3 is 18.2 Å². The SMILES string of the molecule is CC(C)(C[C@]1(c2ccc(-c3cnn(C4CC4)n3)cc2)N=C(NC(=O)OCc2ccccc2)N([C@H](CCC(=O)OC2CC2)c2ccc(Cl)c(-n3ncnc3C(F)F)c2)C1=O)C(F)(F)F. The molecule has 5 aromatic rings. The summed E-state index contributed by atoms with van der Waals surface area (Å²) in [5, 5.41) is 15.3. The Morgan fingerprint density at radius 3 is 2.38 bits per heavy atom. The molecule has 2 saturated carbocycles. The number of alkyl carbamates (subject to hydrolysis) is 1. The molecule has 20 heteroatoms. The lowest BCUT2D eigenvalue weighted by atomic mass is 9.74. The summed E-state index contributed by atoms with van der Waals surface area (Å²) >= 11 is 6.55. The number of hydrogen-bond acceptors (Lipinski definition) is 10. The van der Waals surface area contributed by atoms with Crippen LogP contribution in [0.25, 0.3) is 16.9 Å². The van der Waals surface area contributed by atoms with Crippen LogP contribution in [0.15, 0.2) is 90.3 Å². The number of amides is 2. The molecule has 0 saturated heterocycles. The van der Waals surface area contributed by atoms with Crippen LogP contribution in [0.4, 0.5) is 26.7 Å². The number of aromatic nitrogens is 6. The summed E-state index contributed by atoms with van der Waals surface area (Å²) in [5.41, 5.74) is -3.06. The van der Waals surface area contributed by atoms with E-state index in [9.17, 15) is 31.5 Å². The minimum absolute atomic E-state index is 0.0409. The molecule has 14 nitrogen and oxygen atoms in total. The Hall–Kier alpha value is -6.24. The molecule has 2 aliphatic carbocycles. The van der Waals surface area contributed by atoms with E-state index >= 15 is 4.79 Å². The van der Waals surface area contributed by atoms with Crippen molar-refractivity contribution in [1.82, 2.24) is 40.0 Å². The van der Waals surface area contributed by atoms with Gasteiger partial charge in [0.1, 0.15) is 24.7 Å². The second-order valence-electron chi connectivity index (χ2n) is 16.4. The Kier molecular flexibility index (Phi) is 11.8. The maximum atomic E-state index is 15.6. The lowest BCUT2D eigenvalue weighted by Crippen LogP contribution is -2.50. The number of benzene rings is 3. The number of esters is 1. The number of halogens is 6. The van der Waals surface area contributed by atoms with Gasteiger partial charge < -0.3 is 9.47 Å². The van der Waals surface area contributed by atoms with Crippen molar-refractivity contribution < 1.29 is 45.8 Å². The van der Waals surface area contributed by atoms with Crippen LogP contribution in [-0.4, -0.2) is 70.9 Å². The van der Waals surface area contributed by atoms with E-state index in [0.717, 1.165) is 42.6 Å². The molecule has 3 aliphatic rings. The zero-order chi connectivity index (χ0) is 44.7. The Morgan fingerprint density at radius 1 is 0.984 bits per heavy atom. The molecule has 0 bridgehead atoms. The van der Waals surface area contributed by atoms with E-state index in [1.807, 2.05) is 0 Å². The van der Waals surface area contributed by atoms with Crippen LogP contribution < -0.4 is 5.32 Å². The van der Waals surface area contributed by atoms with Crippen LogP contribution >= 0.6 is 11.6 Å². The zero-order valence-electron chi connectivity index (χ0n) is 33.9. The maximum Gasteiger partial charge on any atom is 0.414 e. The number of hydrogen-bond donors (Lipinski definition) is 1. The molecule has 0 unspecified atom stereocenters. The predicted octanol–water partition coefficient (Wildman–Crippen LogP) is 8.98. The molecule has 330 valence electrons. The van der Waals surface area contributed by atoms with E-state index in [2.05, 4.69) is 25.6 Å². The fraction of sp³-hybridized carbons (Fsp3) is 0.395. The first-order valence-electron chi connectivity index (χ1n) is 20.2. The lowest BCUT2D eigenvalue weighted by molar-refractivity contribution is -0.218. The Bertz CT molecular complexity index is 2520. The van der Waals surface area contributed by atoms with Crippen LogP contribution in [0.5, 0.6) is 0 Å². The quantitative estimate of drug-likeness (QED) is 0.0800. The standard InChI is InChI=1S/C43H41ClF5N9O5/c1-41(2,43(47,48)49)23-42(28-11-8-26(9-12-28)32-21-51-58(55-32)29-13-14-29)38(60)56(39(54-42)53-40(61)62-22-25-6-4-3-5-7-25)33(18-19-35(59)63-30-15-16-30)27-10-17-31(44)34(20-27)57-37(36(45)46)50-24-52-57/h3-12,17,20-21,24,29-30,33,36H,13-16,18-19,22-23H2,1-2H3,(H,53,54,61)/t33-,42-/m1/s1. The molecule has 63 heavy (non-hydrogen) atoms. The summed E-state index contributed by atoms with van der Waals surface area (Å²) in [6.45, 7) is 1.68. The summed E-state index contributed by atoms with van der Waals surface area (Å²) in [6.07, 6.45) is -5.05. The van der Waals surface area contributed by atoms with Crippen LogP contribution in [0.3, 0.4) is 0 Å². The van der Waals surface area contributed by atoms with Crippen LogP contribution in [0, 0.1) is 5.41 Å². The van der Waals surface area contributed by atoms with Crippen LogP contribution in [0.2, 0.25) is 5.02 Å². The molecular formula is C43H41ClF5N9O5. The number of guanidine groups is 1. The predicted molar refractivity (Wildman–Crippen MR) is 216 cm³/mol. The molecule has 2 atom stereocenters. The van der Waals surface area contributed by atoms with Gasteiger partial charge in [0.25, 0.3) is 12.3 Å². The van der Waals surface area contributed by atoms with E-state index < -0.39 is 65.8 Å². The van der Waals surface area contributed by atoms with Crippen molar-refractivity contribution in [3.05, 3.63) is 113 Å². The van der Waals surface area contributed by atoms with E-state index in [1.54, 1.807) is 53.5 Å². The maximum absolute atomic E-state index is 15.6. The van der Waals surface area contributed by atoms with E-state index in [4.69, 9.17) is 26.1 Å². The lowest BCUT2D eigenvalue weighted by Gasteiger charge is -2.37. The minimum Gasteiger partial charge on any atom is -0.462 e. The van der Waals surface area contributed by atoms with Gasteiger partial charge in [-0.05, 0) is 67.3 Å². The van der Waals surface area contributed by atoms with Gasteiger partial charge in [-0.15, -0.1) is 0 Å². The highest BCUT2D eigenvalue weighted by Gasteiger charge is 2.59. The van der Waals surface area contributed by atoms with Crippen molar-refractivity contribution in [1.29, 1.82) is 0 Å². The highest BCUT2D eigenvalue weighted by molar-refractivity contribution is 6.32. The monoisotopic (exact) mass is 893 g/mol. The fourth-order valence-corrected chi connectivity index (χ4v) is 7.57. The smallest absolute Gasteiger partial charge is 0.414 e. The molecule has 2 aromatic heterocycles. The number of rotatable bonds is 15. The normalized spacial score (nSPS) is 18.4. The van der Waals surface area contributed by atoms with Crippen LogP contribution in [-0.2, 0) is 31.2 Å². The van der Waals surface area contributed by atoms with Crippen molar-refractivity contribution in [2.45, 2.75) is 102 Å². The van der Waals surface area contributed by atoms with Gasteiger partial charge in [0.15, 0.2) is 11.4 Å². The molecule has 8 rings (SSSR count). The highest BCUT2D eigenvalue weighted by atomic mass is 35.5. The zero-order valence-corrected chi connectivity index (χ0v) is 34.7. The number of nitrogens with one attached hydrogen (secondary N) is 1. The van der Waals surface area contributed by atoms with Gasteiger partial charge in [0.05, 0.1) is 34.4 Å². The summed E-state index contributed by atoms with van der Waals surface area (Å²) in [7, 11) is 0. The third kappa shape index (κ3) is 9.28. The Balaban J connectivity index is 1.25. The minimum atomic E-state index is -4.84. The first kappa shape index (κ1) is 43.4. The van der Waals surface area contributed by atoms with Gasteiger partial charge in [-0.25, -0.2) is 28.2 Å². The van der Waals surface area contributed by atoms with Gasteiger partial charge in [-0.3, -0.25) is 19.8 Å². The Morgan fingerprint density at radius 2 is 1.71 bits per heavy atom. The topological polar surface area (TPSA) is 159 Å². The third-order valence-corrected chi connectivity index (χ3v) is 11.5. The summed E-state index contributed by atoms with van der Waals surface area (Å²) in [6, 6.07) is 17.9. The van der Waals surface area contributed by atoms with Crippen molar-refractivity contribution in [2.24, 2.45) is 10.4 Å². The number of ether oxygens (including phenoxy) is 2. The fourth-order valence-electron chi connectivity index (χ4n) is 7.37. The van der Waals surface area contributed by atoms with Crippen LogP contribution in [0.1, 0.15) is 99.8 Å². The second kappa shape index (κ2) is 17.1. The summed E-state index contributed by atoms with van der Waals surface area (Å²) in [4.78, 5) is 53.4. The number of aliphatic imine (C=N–C) groups is 1. The molecule has 0 radical (unpaired) electrons. The number of nitrogens with zero attached hydrogens (tertiary/aromatic N) is 8. The first-order chi connectivity index (χ1) is 30.0. The highest BCUT2D eigenvalue weighted by Crippen LogP contribution is 2.51. The Labute approximate surface area is 362 Å². The van der Waals surface area contributed by atoms with Crippen molar-refractivity contribution >= 4 is 35.5 Å². The molecule has 2 fully saturated rings. The van der Waals surface area contributed by atoms with E-state index in [1.165, 1.54) is 30.3 Å². The molecule has 2 amide bonds. The molecular weight excluding hydrogens is 853 g/mol. The van der Waals surface area contributed by atoms with Gasteiger partial charge in [-0.1, -0.05) is 86.1 Å². The number of carbonyl (C=O) groups excluding carboxylic acids is 3. The first-order valence-corrected chi connectivity index (χ1v) is 20.6. The number of alkyl halides is 5. The van der Waals surface area contributed by atoms with Gasteiger partial charge in [0.2, 0.25) is 5.96 Å². The van der Waals surface area contributed by atoms with Crippen molar-refractivity contribution in [3.63, 3.8) is 0 Å². The molecule has 0 spiro atoms. The van der Waals surface area contributed by atoms with Gasteiger partial charge in [0, 0.05) is 12.0 Å². The average molecular weight is 894 g/mol. The third-order valence-electron chi connectivity index (χ3n) is 11.1. The largest absolute Gasteiger partial charge is 0.462 e. The average Bonchev–Trinajstić information content (AvgIpc) is 4.14. The number of carbonyl (C=O) groups is 3. The summed E-state index contributed by atoms with van der Waals surface area (Å²) < 4.78 is 84.9. The van der Waals surface area contributed by atoms with Gasteiger partial charge in [-0.2, -0.15) is 33.3 Å². The molecule has 3 aromatic carbocycles. The van der Waals surface area contributed by atoms with Crippen molar-refractivity contribution in [3.8, 4) is 16.9 Å². The molecule has 3 heterocycles. The van der Waals surface area contributed by atoms with E-state index in [0.29, 0.717) is 29.7 Å².